The molecule has 1 aliphatic rings. The van der Waals surface area contributed by atoms with E-state index in [1.54, 1.807) is 6.08 Å². The Bertz CT molecular complexity index is 1150. The predicted octanol–water partition coefficient (Wildman–Crippen LogP) is 4.85. The molecule has 8 heteroatoms. The fourth-order valence-corrected chi connectivity index (χ4v) is 4.85. The summed E-state index contributed by atoms with van der Waals surface area (Å²) in [4.78, 5) is 18.6. The lowest BCUT2D eigenvalue weighted by atomic mass is 9.92. The van der Waals surface area contributed by atoms with Gasteiger partial charge in [-0.3, -0.25) is 14.5 Å². The lowest BCUT2D eigenvalue weighted by Gasteiger charge is -2.16. The van der Waals surface area contributed by atoms with Crippen LogP contribution in [0.25, 0.3) is 10.7 Å². The molecule has 1 amide bonds. The second-order valence-corrected chi connectivity index (χ2v) is 8.98. The zero-order valence-corrected chi connectivity index (χ0v) is 18.3. The minimum Gasteiger partial charge on any atom is -0.301 e. The summed E-state index contributed by atoms with van der Waals surface area (Å²) in [6.07, 6.45) is 3.49. The van der Waals surface area contributed by atoms with E-state index < -0.39 is 5.41 Å². The van der Waals surface area contributed by atoms with Gasteiger partial charge in [0.2, 0.25) is 5.91 Å². The van der Waals surface area contributed by atoms with E-state index in [9.17, 15) is 4.79 Å². The number of carbonyl (C=O) groups excluding carboxylic acids is 1. The Morgan fingerprint density at radius 2 is 2.03 bits per heavy atom. The molecule has 0 unspecified atom stereocenters. The van der Waals surface area contributed by atoms with Crippen molar-refractivity contribution in [3.05, 3.63) is 58.0 Å². The zero-order chi connectivity index (χ0) is 20.8. The Kier molecular flexibility index (Phi) is 5.00. The molecule has 6 nitrogen and oxygen atoms in total. The van der Waals surface area contributed by atoms with Crippen LogP contribution in [-0.4, -0.2) is 25.7 Å². The first-order valence-electron chi connectivity index (χ1n) is 9.48. The molecule has 0 bridgehead atoms. The molecule has 0 radical (unpaired) electrons. The molecule has 1 fully saturated rings. The lowest BCUT2D eigenvalue weighted by molar-refractivity contribution is -0.118. The number of rotatable bonds is 6. The minimum atomic E-state index is -0.445. The highest BCUT2D eigenvalue weighted by molar-refractivity contribution is 7.71. The number of hydrogen-bond acceptors (Lipinski definition) is 5. The maximum Gasteiger partial charge on any atom is 0.236 e. The van der Waals surface area contributed by atoms with Crippen LogP contribution in [-0.2, 0) is 16.8 Å². The molecule has 3 aromatic rings. The van der Waals surface area contributed by atoms with E-state index in [-0.39, 0.29) is 5.91 Å². The number of H-pyrrole nitrogens is 1. The summed E-state index contributed by atoms with van der Waals surface area (Å²) in [5.41, 5.74) is 3.81. The number of nitrogens with one attached hydrogen (secondary N) is 2. The Hall–Kier alpha value is -2.58. The maximum atomic E-state index is 13.1. The summed E-state index contributed by atoms with van der Waals surface area (Å²) in [5.74, 6) is 0.716. The van der Waals surface area contributed by atoms with Crippen LogP contribution in [0.3, 0.4) is 0 Å². The van der Waals surface area contributed by atoms with Crippen LogP contribution < -0.4 is 5.32 Å². The second-order valence-electron chi connectivity index (χ2n) is 7.60. The number of aromatic amines is 1. The molecule has 2 heterocycles. The van der Waals surface area contributed by atoms with E-state index in [1.807, 2.05) is 11.5 Å². The Morgan fingerprint density at radius 1 is 1.34 bits per heavy atom. The molecule has 2 aromatic heterocycles. The van der Waals surface area contributed by atoms with Crippen LogP contribution in [0.15, 0.2) is 30.9 Å². The highest BCUT2D eigenvalue weighted by Gasteiger charge is 2.51. The van der Waals surface area contributed by atoms with Gasteiger partial charge >= 0.3 is 0 Å². The van der Waals surface area contributed by atoms with Crippen LogP contribution in [0.4, 0.5) is 5.13 Å². The van der Waals surface area contributed by atoms with Crippen molar-refractivity contribution in [2.24, 2.45) is 0 Å². The van der Waals surface area contributed by atoms with Crippen LogP contribution in [0.2, 0.25) is 0 Å². The molecule has 1 saturated carbocycles. The van der Waals surface area contributed by atoms with Crippen molar-refractivity contribution in [1.29, 1.82) is 0 Å². The van der Waals surface area contributed by atoms with E-state index in [4.69, 9.17) is 12.2 Å². The van der Waals surface area contributed by atoms with Gasteiger partial charge in [0, 0.05) is 6.54 Å². The third-order valence-electron chi connectivity index (χ3n) is 5.25. The Morgan fingerprint density at radius 3 is 2.66 bits per heavy atom. The maximum absolute atomic E-state index is 13.1. The fraction of sp³-hybridized carbons (Fsp3) is 0.333. The van der Waals surface area contributed by atoms with Gasteiger partial charge in [0.1, 0.15) is 0 Å². The molecule has 29 heavy (non-hydrogen) atoms. The lowest BCUT2D eigenvalue weighted by Crippen LogP contribution is -2.28. The average molecular weight is 426 g/mol. The van der Waals surface area contributed by atoms with Gasteiger partial charge in [-0.1, -0.05) is 46.7 Å². The number of aromatic nitrogens is 4. The number of hydrogen-bond donors (Lipinski definition) is 2. The van der Waals surface area contributed by atoms with Crippen LogP contribution >= 0.6 is 23.6 Å². The largest absolute Gasteiger partial charge is 0.301 e. The van der Waals surface area contributed by atoms with E-state index in [0.29, 0.717) is 22.3 Å². The standard InChI is InChI=1S/C21H23N5OS2/c1-5-8-26-17(24-25-20(26)28)16-14(4)22-19(29-16)23-18(27)21(6-7-21)15-10-12(2)9-13(3)11-15/h5,9-11H,1,6-8H2,2-4H3,(H,25,28)(H,22,23,27). The molecular weight excluding hydrogens is 402 g/mol. The number of aryl methyl sites for hydroxylation is 3. The van der Waals surface area contributed by atoms with Gasteiger partial charge in [0.05, 0.1) is 16.0 Å². The number of allylic oxidation sites excluding steroid dienone is 1. The molecule has 4 rings (SSSR count). The molecular formula is C21H23N5OS2. The summed E-state index contributed by atoms with van der Waals surface area (Å²) in [5, 5.41) is 10.8. The van der Waals surface area contributed by atoms with Crippen molar-refractivity contribution in [3.63, 3.8) is 0 Å². The van der Waals surface area contributed by atoms with Crippen molar-refractivity contribution in [3.8, 4) is 10.7 Å². The van der Waals surface area contributed by atoms with Gasteiger partial charge in [-0.05, 0) is 51.4 Å². The average Bonchev–Trinajstić information content (AvgIpc) is 3.30. The van der Waals surface area contributed by atoms with Crippen LogP contribution in [0.1, 0.15) is 35.2 Å². The zero-order valence-electron chi connectivity index (χ0n) is 16.7. The normalized spacial score (nSPS) is 14.6. The molecule has 0 spiro atoms. The minimum absolute atomic E-state index is 0.00718. The van der Waals surface area contributed by atoms with Gasteiger partial charge in [-0.15, -0.1) is 6.58 Å². The Labute approximate surface area is 178 Å². The summed E-state index contributed by atoms with van der Waals surface area (Å²) in [6, 6.07) is 6.36. The number of thiazole rings is 1. The number of carbonyl (C=O) groups is 1. The smallest absolute Gasteiger partial charge is 0.236 e. The number of anilines is 1. The van der Waals surface area contributed by atoms with E-state index in [1.165, 1.54) is 22.5 Å². The predicted molar refractivity (Wildman–Crippen MR) is 119 cm³/mol. The quantitative estimate of drug-likeness (QED) is 0.437. The molecule has 0 saturated heterocycles. The number of nitrogens with zero attached hydrogens (tertiary/aromatic N) is 3. The highest BCUT2D eigenvalue weighted by Crippen LogP contribution is 2.49. The van der Waals surface area contributed by atoms with E-state index in [0.717, 1.165) is 29.0 Å². The van der Waals surface area contributed by atoms with Crippen LogP contribution in [0, 0.1) is 25.5 Å². The van der Waals surface area contributed by atoms with Gasteiger partial charge in [0.15, 0.2) is 15.7 Å². The molecule has 0 aliphatic heterocycles. The number of benzene rings is 1. The monoisotopic (exact) mass is 425 g/mol. The summed E-state index contributed by atoms with van der Waals surface area (Å²) >= 11 is 6.71. The molecule has 150 valence electrons. The van der Waals surface area contributed by atoms with E-state index >= 15 is 0 Å². The van der Waals surface area contributed by atoms with Crippen LogP contribution in [0.5, 0.6) is 0 Å². The SMILES string of the molecule is C=CCn1c(-c2sc(NC(=O)C3(c4cc(C)cc(C)c4)CC3)nc2C)n[nH]c1=S. The van der Waals surface area contributed by atoms with E-state index in [2.05, 4.69) is 59.1 Å². The highest BCUT2D eigenvalue weighted by atomic mass is 32.1. The summed E-state index contributed by atoms with van der Waals surface area (Å²) < 4.78 is 2.40. The van der Waals surface area contributed by atoms with Crippen molar-refractivity contribution >= 4 is 34.6 Å². The van der Waals surface area contributed by atoms with Gasteiger partial charge in [0.25, 0.3) is 0 Å². The van der Waals surface area contributed by atoms with Crippen molar-refractivity contribution in [2.45, 2.75) is 45.6 Å². The first kappa shape index (κ1) is 19.7. The Balaban J connectivity index is 1.61. The molecule has 1 aliphatic carbocycles. The topological polar surface area (TPSA) is 75.6 Å². The third-order valence-corrected chi connectivity index (χ3v) is 6.63. The summed E-state index contributed by atoms with van der Waals surface area (Å²) in [6.45, 7) is 10.4. The van der Waals surface area contributed by atoms with Gasteiger partial charge < -0.3 is 5.32 Å². The van der Waals surface area contributed by atoms with Crippen molar-refractivity contribution < 1.29 is 4.79 Å². The fourth-order valence-electron chi connectivity index (χ4n) is 3.69. The van der Waals surface area contributed by atoms with Crippen molar-refractivity contribution in [1.82, 2.24) is 19.7 Å². The first-order valence-corrected chi connectivity index (χ1v) is 10.7. The van der Waals surface area contributed by atoms with Gasteiger partial charge in [-0.25, -0.2) is 4.98 Å². The summed E-state index contributed by atoms with van der Waals surface area (Å²) in [7, 11) is 0. The van der Waals surface area contributed by atoms with Gasteiger partial charge in [-0.2, -0.15) is 5.10 Å². The second kappa shape index (κ2) is 7.35. The number of amides is 1. The molecule has 2 N–H and O–H groups in total. The first-order chi connectivity index (χ1) is 13.8. The molecule has 1 aromatic carbocycles. The van der Waals surface area contributed by atoms with Crippen molar-refractivity contribution in [2.75, 3.05) is 5.32 Å². The molecule has 0 atom stereocenters. The third kappa shape index (κ3) is 3.58.